The van der Waals surface area contributed by atoms with Gasteiger partial charge in [-0.1, -0.05) is 72.8 Å². The topological polar surface area (TPSA) is 96.4 Å². The number of nitrogens with one attached hydrogen (secondary N) is 3. The van der Waals surface area contributed by atoms with E-state index in [-0.39, 0.29) is 25.0 Å². The highest BCUT2D eigenvalue weighted by atomic mass is 16.6. The van der Waals surface area contributed by atoms with Crippen LogP contribution in [0.25, 0.3) is 21.7 Å². The van der Waals surface area contributed by atoms with Crippen molar-refractivity contribution >= 4 is 33.7 Å². The van der Waals surface area contributed by atoms with Gasteiger partial charge in [0.15, 0.2) is 6.61 Å². The Labute approximate surface area is 214 Å². The number of amides is 2. The van der Waals surface area contributed by atoms with Crippen LogP contribution >= 0.6 is 0 Å². The van der Waals surface area contributed by atoms with Crippen LogP contribution in [-0.2, 0) is 22.6 Å². The van der Waals surface area contributed by atoms with Crippen molar-refractivity contribution in [1.29, 1.82) is 0 Å². The van der Waals surface area contributed by atoms with E-state index in [1.165, 1.54) is 0 Å². The van der Waals surface area contributed by atoms with Gasteiger partial charge in [-0.3, -0.25) is 4.79 Å². The Morgan fingerprint density at radius 3 is 2.49 bits per heavy atom. The molecule has 37 heavy (non-hydrogen) atoms. The maximum Gasteiger partial charge on any atom is 0.408 e. The number of para-hydroxylation sites is 1. The number of aromatic amines is 1. The monoisotopic (exact) mass is 495 g/mol. The third-order valence-electron chi connectivity index (χ3n) is 6.67. The molecule has 7 nitrogen and oxygen atoms in total. The standard InChI is InChI=1S/C30H29N3O4/c1-20(21-10-4-3-5-11-21)32-28(34)30(2,16-23-17-31-26-15-9-8-13-24(23)26)33-29(35)37-19-27-25-14-7-6-12-22(25)18-36-27/h3-15,17-18,20,31H,16,19H2,1-2H3,(H,32,34)(H,33,35)/t20-,30+/m0/s1. The molecule has 0 unspecified atom stereocenters. The fraction of sp³-hybridized carbons (Fsp3) is 0.200. The fourth-order valence-corrected chi connectivity index (χ4v) is 4.58. The third-order valence-corrected chi connectivity index (χ3v) is 6.67. The van der Waals surface area contributed by atoms with Crippen molar-refractivity contribution in [3.63, 3.8) is 0 Å². The van der Waals surface area contributed by atoms with Gasteiger partial charge in [0.1, 0.15) is 11.3 Å². The van der Waals surface area contributed by atoms with E-state index in [2.05, 4.69) is 15.6 Å². The minimum Gasteiger partial charge on any atom is -0.464 e. The number of alkyl carbamates (subject to hydrolysis) is 1. The molecule has 0 saturated heterocycles. The average Bonchev–Trinajstić information content (AvgIpc) is 3.52. The van der Waals surface area contributed by atoms with E-state index < -0.39 is 11.6 Å². The molecular weight excluding hydrogens is 466 g/mol. The van der Waals surface area contributed by atoms with Crippen LogP contribution in [0.2, 0.25) is 0 Å². The van der Waals surface area contributed by atoms with Crippen molar-refractivity contribution in [2.24, 2.45) is 0 Å². The molecule has 2 heterocycles. The highest BCUT2D eigenvalue weighted by Crippen LogP contribution is 2.25. The maximum absolute atomic E-state index is 13.6. The normalized spacial score (nSPS) is 13.7. The molecule has 0 aliphatic carbocycles. The van der Waals surface area contributed by atoms with Gasteiger partial charge in [0.25, 0.3) is 0 Å². The Bertz CT molecular complexity index is 1540. The van der Waals surface area contributed by atoms with Crippen molar-refractivity contribution < 1.29 is 18.7 Å². The van der Waals surface area contributed by atoms with E-state index >= 15 is 0 Å². The number of rotatable bonds is 8. The van der Waals surface area contributed by atoms with E-state index in [4.69, 9.17) is 9.15 Å². The molecule has 2 aromatic heterocycles. The minimum atomic E-state index is -1.28. The lowest BCUT2D eigenvalue weighted by molar-refractivity contribution is -0.127. The first-order valence-corrected chi connectivity index (χ1v) is 12.2. The van der Waals surface area contributed by atoms with Gasteiger partial charge < -0.3 is 24.8 Å². The number of ether oxygens (including phenoxy) is 1. The Hall–Kier alpha value is -4.52. The molecule has 3 aromatic carbocycles. The van der Waals surface area contributed by atoms with Crippen LogP contribution in [0, 0.1) is 0 Å². The summed E-state index contributed by atoms with van der Waals surface area (Å²) >= 11 is 0. The van der Waals surface area contributed by atoms with Crippen LogP contribution in [0.1, 0.15) is 36.8 Å². The van der Waals surface area contributed by atoms with Crippen LogP contribution in [-0.4, -0.2) is 22.5 Å². The van der Waals surface area contributed by atoms with E-state index in [9.17, 15) is 9.59 Å². The van der Waals surface area contributed by atoms with E-state index in [1.807, 2.05) is 92.0 Å². The molecule has 0 saturated carbocycles. The molecule has 188 valence electrons. The summed E-state index contributed by atoms with van der Waals surface area (Å²) in [6, 6.07) is 25.0. The molecule has 0 aliphatic heterocycles. The van der Waals surface area contributed by atoms with Crippen molar-refractivity contribution in [1.82, 2.24) is 15.6 Å². The lowest BCUT2D eigenvalue weighted by Gasteiger charge is -2.30. The quantitative estimate of drug-likeness (QED) is 0.245. The first kappa shape index (κ1) is 24.2. The van der Waals surface area contributed by atoms with Gasteiger partial charge in [-0.25, -0.2) is 4.79 Å². The molecule has 0 aliphatic rings. The summed E-state index contributed by atoms with van der Waals surface area (Å²) in [5.74, 6) is 0.237. The third kappa shape index (κ3) is 5.21. The highest BCUT2D eigenvalue weighted by molar-refractivity contribution is 5.92. The van der Waals surface area contributed by atoms with Gasteiger partial charge in [0, 0.05) is 34.3 Å². The summed E-state index contributed by atoms with van der Waals surface area (Å²) in [4.78, 5) is 29.9. The lowest BCUT2D eigenvalue weighted by atomic mass is 9.91. The smallest absolute Gasteiger partial charge is 0.408 e. The largest absolute Gasteiger partial charge is 0.464 e. The summed E-state index contributed by atoms with van der Waals surface area (Å²) in [5.41, 5.74) is 1.57. The number of carbonyl (C=O) groups excluding carboxylic acids is 2. The van der Waals surface area contributed by atoms with Crippen LogP contribution in [0.3, 0.4) is 0 Å². The van der Waals surface area contributed by atoms with Gasteiger partial charge in [-0.05, 0) is 31.0 Å². The van der Waals surface area contributed by atoms with E-state index in [0.717, 1.165) is 32.8 Å². The molecule has 3 N–H and O–H groups in total. The van der Waals surface area contributed by atoms with Crippen molar-refractivity contribution in [3.05, 3.63) is 108 Å². The molecule has 0 bridgehead atoms. The molecular formula is C30H29N3O4. The number of fused-ring (bicyclic) bond motifs is 2. The number of hydrogen-bond donors (Lipinski definition) is 3. The summed E-state index contributed by atoms with van der Waals surface area (Å²) in [5, 5.41) is 8.70. The van der Waals surface area contributed by atoms with Crippen LogP contribution < -0.4 is 10.6 Å². The molecule has 7 heteroatoms. The number of hydrogen-bond acceptors (Lipinski definition) is 4. The van der Waals surface area contributed by atoms with Crippen molar-refractivity contribution in [2.45, 2.75) is 38.5 Å². The number of furan rings is 1. The maximum atomic E-state index is 13.6. The van der Waals surface area contributed by atoms with Crippen LogP contribution in [0.15, 0.2) is 95.7 Å². The van der Waals surface area contributed by atoms with E-state index in [0.29, 0.717) is 5.76 Å². The second kappa shape index (κ2) is 10.2. The van der Waals surface area contributed by atoms with Gasteiger partial charge in [0.05, 0.1) is 12.3 Å². The number of carbonyl (C=O) groups is 2. The summed E-state index contributed by atoms with van der Waals surface area (Å²) in [6.45, 7) is 3.58. The van der Waals surface area contributed by atoms with Gasteiger partial charge in [-0.15, -0.1) is 0 Å². The van der Waals surface area contributed by atoms with E-state index in [1.54, 1.807) is 13.2 Å². The zero-order valence-corrected chi connectivity index (χ0v) is 20.8. The fourth-order valence-electron chi connectivity index (χ4n) is 4.58. The Morgan fingerprint density at radius 1 is 0.973 bits per heavy atom. The first-order chi connectivity index (χ1) is 17.9. The van der Waals surface area contributed by atoms with Crippen molar-refractivity contribution in [2.75, 3.05) is 0 Å². The molecule has 2 atom stereocenters. The predicted molar refractivity (Wildman–Crippen MR) is 143 cm³/mol. The summed E-state index contributed by atoms with van der Waals surface area (Å²) in [6.07, 6.45) is 3.07. The molecule has 5 rings (SSSR count). The molecule has 5 aromatic rings. The zero-order chi connectivity index (χ0) is 25.8. The number of H-pyrrole nitrogens is 1. The SMILES string of the molecule is C[C@H](NC(=O)[C@@](C)(Cc1c[nH]c2ccccc12)NC(=O)OCc1occ2ccccc12)c1ccccc1. The van der Waals surface area contributed by atoms with Crippen LogP contribution in [0.4, 0.5) is 4.79 Å². The predicted octanol–water partition coefficient (Wildman–Crippen LogP) is 6.02. The number of benzene rings is 3. The number of aromatic nitrogens is 1. The summed E-state index contributed by atoms with van der Waals surface area (Å²) in [7, 11) is 0. The second-order valence-corrected chi connectivity index (χ2v) is 9.42. The Kier molecular flexibility index (Phi) is 6.68. The molecule has 0 radical (unpaired) electrons. The highest BCUT2D eigenvalue weighted by Gasteiger charge is 2.37. The van der Waals surface area contributed by atoms with Crippen molar-refractivity contribution in [3.8, 4) is 0 Å². The summed E-state index contributed by atoms with van der Waals surface area (Å²) < 4.78 is 11.1. The van der Waals surface area contributed by atoms with Gasteiger partial charge >= 0.3 is 6.09 Å². The lowest BCUT2D eigenvalue weighted by Crippen LogP contribution is -2.58. The Balaban J connectivity index is 1.35. The Morgan fingerprint density at radius 2 is 1.68 bits per heavy atom. The van der Waals surface area contributed by atoms with Crippen LogP contribution in [0.5, 0.6) is 0 Å². The second-order valence-electron chi connectivity index (χ2n) is 9.42. The average molecular weight is 496 g/mol. The van der Waals surface area contributed by atoms with Gasteiger partial charge in [0.2, 0.25) is 5.91 Å². The van der Waals surface area contributed by atoms with Gasteiger partial charge in [-0.2, -0.15) is 0 Å². The molecule has 0 fully saturated rings. The molecule has 0 spiro atoms. The molecule has 2 amide bonds. The first-order valence-electron chi connectivity index (χ1n) is 12.2. The minimum absolute atomic E-state index is 0.0510. The zero-order valence-electron chi connectivity index (χ0n) is 20.8.